The van der Waals surface area contributed by atoms with Crippen LogP contribution in [0.4, 0.5) is 5.13 Å². The number of sulfonamides is 1. The van der Waals surface area contributed by atoms with E-state index in [4.69, 9.17) is 0 Å². The Hall–Kier alpha value is -3.63. The number of nitrogens with zero attached hydrogens (tertiary/aromatic N) is 5. The molecule has 3 heterocycles. The molecule has 0 spiro atoms. The van der Waals surface area contributed by atoms with E-state index in [0.29, 0.717) is 34.8 Å². The number of halogens is 1. The fourth-order valence-corrected chi connectivity index (χ4v) is 8.30. The van der Waals surface area contributed by atoms with E-state index in [1.165, 1.54) is 51.7 Å². The van der Waals surface area contributed by atoms with Gasteiger partial charge in [0.1, 0.15) is 0 Å². The molecule has 2 aromatic heterocycles. The van der Waals surface area contributed by atoms with Crippen LogP contribution < -0.4 is 10.6 Å². The fourth-order valence-electron chi connectivity index (χ4n) is 4.86. The van der Waals surface area contributed by atoms with Crippen molar-refractivity contribution in [1.82, 2.24) is 29.4 Å². The highest BCUT2D eigenvalue weighted by Crippen LogP contribution is 2.27. The van der Waals surface area contributed by atoms with E-state index in [-0.39, 0.29) is 29.0 Å². The normalized spacial score (nSPS) is 14.0. The van der Waals surface area contributed by atoms with Crippen LogP contribution in [0.3, 0.4) is 0 Å². The van der Waals surface area contributed by atoms with E-state index in [9.17, 15) is 18.0 Å². The Bertz CT molecular complexity index is 1910. The molecule has 5 aromatic rings. The molecule has 0 unspecified atom stereocenters. The third-order valence-corrected chi connectivity index (χ3v) is 11.5. The zero-order valence-corrected chi connectivity index (χ0v) is 27.9. The number of thiazole rings is 1. The van der Waals surface area contributed by atoms with Crippen molar-refractivity contribution in [3.63, 3.8) is 0 Å². The third kappa shape index (κ3) is 7.28. The van der Waals surface area contributed by atoms with E-state index in [1.54, 1.807) is 4.57 Å². The van der Waals surface area contributed by atoms with Crippen LogP contribution in [0, 0.1) is 0 Å². The van der Waals surface area contributed by atoms with Crippen LogP contribution in [-0.4, -0.2) is 63.1 Å². The minimum absolute atomic E-state index is 0.0498. The number of benzene rings is 3. The zero-order valence-electron chi connectivity index (χ0n) is 23.8. The molecule has 1 aliphatic heterocycles. The second-order valence-electron chi connectivity index (χ2n) is 10.2. The molecule has 0 saturated carbocycles. The van der Waals surface area contributed by atoms with Crippen LogP contribution in [0.25, 0.3) is 15.9 Å². The number of hydrogen-bond donors (Lipinski definition) is 2. The lowest BCUT2D eigenvalue weighted by Crippen LogP contribution is -2.35. The highest BCUT2D eigenvalue weighted by Gasteiger charge is 2.26. The number of thioether (sulfide) groups is 1. The van der Waals surface area contributed by atoms with Gasteiger partial charge < -0.3 is 10.6 Å². The molecule has 0 atom stereocenters. The van der Waals surface area contributed by atoms with Crippen molar-refractivity contribution in [2.75, 3.05) is 24.2 Å². The molecule has 2 amide bonds. The van der Waals surface area contributed by atoms with Crippen LogP contribution in [0.1, 0.15) is 35.4 Å². The predicted molar refractivity (Wildman–Crippen MR) is 178 cm³/mol. The van der Waals surface area contributed by atoms with Gasteiger partial charge in [-0.25, -0.2) is 13.4 Å². The minimum atomic E-state index is -3.59. The maximum absolute atomic E-state index is 13.0. The van der Waals surface area contributed by atoms with E-state index in [2.05, 4.69) is 41.7 Å². The lowest BCUT2D eigenvalue weighted by Gasteiger charge is -2.25. The van der Waals surface area contributed by atoms with E-state index >= 15 is 0 Å². The zero-order chi connectivity index (χ0) is 31.4. The Morgan fingerprint density at radius 1 is 0.933 bits per heavy atom. The van der Waals surface area contributed by atoms with Crippen LogP contribution >= 0.6 is 39.0 Å². The van der Waals surface area contributed by atoms with Crippen LogP contribution in [-0.2, 0) is 21.4 Å². The molecule has 0 aliphatic carbocycles. The maximum atomic E-state index is 13.0. The number of nitrogens with one attached hydrogen (secondary N) is 2. The molecule has 0 bridgehead atoms. The second kappa shape index (κ2) is 13.8. The molecule has 3 aromatic carbocycles. The van der Waals surface area contributed by atoms with Crippen LogP contribution in [0.15, 0.2) is 87.3 Å². The van der Waals surface area contributed by atoms with Crippen molar-refractivity contribution in [2.45, 2.75) is 35.9 Å². The first-order valence-corrected chi connectivity index (χ1v) is 18.2. The van der Waals surface area contributed by atoms with E-state index in [0.717, 1.165) is 39.6 Å². The summed E-state index contributed by atoms with van der Waals surface area (Å²) in [6, 6.07) is 21.2. The summed E-state index contributed by atoms with van der Waals surface area (Å²) in [6.45, 7) is 1.07. The SMILES string of the molecule is O=C(CSc1nnc(CNC(=O)c2ccc(S(=O)(=O)N3CCCCC3)cc2)n1-c1ccc(Br)cc1)Nc1nc2ccccc2s1. The highest BCUT2D eigenvalue weighted by atomic mass is 79.9. The average Bonchev–Trinajstić information content (AvgIpc) is 3.66. The number of piperidine rings is 1. The summed E-state index contributed by atoms with van der Waals surface area (Å²) in [4.78, 5) is 30.4. The molecular formula is C30H28BrN7O4S3. The Balaban J connectivity index is 1.13. The fraction of sp³-hybridized carbons (Fsp3) is 0.233. The first kappa shape index (κ1) is 31.4. The molecule has 2 N–H and O–H groups in total. The Labute approximate surface area is 276 Å². The number of para-hydroxylation sites is 1. The number of rotatable bonds is 10. The standard InChI is InChI=1S/C30H28BrN7O4S3/c31-21-10-12-22(13-11-21)38-26(35-36-30(38)43-19-27(39)34-29-33-24-6-2-3-7-25(24)44-29)18-32-28(40)20-8-14-23(15-9-20)45(41,42)37-16-4-1-5-17-37/h2-3,6-15H,1,4-5,16-19H2,(H,32,40)(H,33,34,39). The Morgan fingerprint density at radius 3 is 2.40 bits per heavy atom. The van der Waals surface area contributed by atoms with Gasteiger partial charge in [-0.15, -0.1) is 10.2 Å². The number of anilines is 1. The van der Waals surface area contributed by atoms with Gasteiger partial charge in [-0.1, -0.05) is 57.6 Å². The molecule has 45 heavy (non-hydrogen) atoms. The van der Waals surface area contributed by atoms with Crippen molar-refractivity contribution in [1.29, 1.82) is 0 Å². The van der Waals surface area contributed by atoms with Gasteiger partial charge in [-0.05, 0) is 73.5 Å². The number of aromatic nitrogens is 4. The largest absolute Gasteiger partial charge is 0.345 e. The number of carbonyl (C=O) groups excluding carboxylic acids is 2. The van der Waals surface area contributed by atoms with Crippen molar-refractivity contribution in [2.24, 2.45) is 0 Å². The maximum Gasteiger partial charge on any atom is 0.251 e. The van der Waals surface area contributed by atoms with Crippen molar-refractivity contribution < 1.29 is 18.0 Å². The summed E-state index contributed by atoms with van der Waals surface area (Å²) >= 11 is 6.08. The Morgan fingerprint density at radius 2 is 1.67 bits per heavy atom. The topological polar surface area (TPSA) is 139 Å². The van der Waals surface area contributed by atoms with Gasteiger partial charge in [0.25, 0.3) is 5.91 Å². The van der Waals surface area contributed by atoms with E-state index < -0.39 is 10.0 Å². The average molecular weight is 727 g/mol. The Kier molecular flexibility index (Phi) is 9.61. The van der Waals surface area contributed by atoms with Gasteiger partial charge >= 0.3 is 0 Å². The summed E-state index contributed by atoms with van der Waals surface area (Å²) < 4.78 is 31.1. The highest BCUT2D eigenvalue weighted by molar-refractivity contribution is 9.10. The molecule has 1 saturated heterocycles. The van der Waals surface area contributed by atoms with Crippen molar-refractivity contribution in [3.05, 3.63) is 88.7 Å². The summed E-state index contributed by atoms with van der Waals surface area (Å²) in [5, 5.41) is 15.3. The molecule has 11 nitrogen and oxygen atoms in total. The summed E-state index contributed by atoms with van der Waals surface area (Å²) in [5.41, 5.74) is 1.91. The van der Waals surface area contributed by atoms with Gasteiger partial charge in [-0.3, -0.25) is 14.2 Å². The molecule has 15 heteroatoms. The molecular weight excluding hydrogens is 698 g/mol. The lowest BCUT2D eigenvalue weighted by atomic mass is 10.2. The number of hydrogen-bond acceptors (Lipinski definition) is 9. The van der Waals surface area contributed by atoms with Gasteiger partial charge in [0.2, 0.25) is 15.9 Å². The van der Waals surface area contributed by atoms with Gasteiger partial charge in [-0.2, -0.15) is 4.31 Å². The van der Waals surface area contributed by atoms with Crippen molar-refractivity contribution in [3.8, 4) is 5.69 Å². The quantitative estimate of drug-likeness (QED) is 0.181. The van der Waals surface area contributed by atoms with Crippen LogP contribution in [0.2, 0.25) is 0 Å². The molecule has 0 radical (unpaired) electrons. The second-order valence-corrected chi connectivity index (χ2v) is 15.0. The number of fused-ring (bicyclic) bond motifs is 1. The number of amides is 2. The van der Waals surface area contributed by atoms with Crippen LogP contribution in [0.5, 0.6) is 0 Å². The smallest absolute Gasteiger partial charge is 0.251 e. The number of carbonyl (C=O) groups is 2. The summed E-state index contributed by atoms with van der Waals surface area (Å²) in [7, 11) is -3.59. The molecule has 232 valence electrons. The molecule has 1 aliphatic rings. The lowest BCUT2D eigenvalue weighted by molar-refractivity contribution is -0.113. The predicted octanol–water partition coefficient (Wildman–Crippen LogP) is 5.47. The van der Waals surface area contributed by atoms with E-state index in [1.807, 2.05) is 48.5 Å². The monoisotopic (exact) mass is 725 g/mol. The van der Waals surface area contributed by atoms with Gasteiger partial charge in [0.15, 0.2) is 16.1 Å². The first-order chi connectivity index (χ1) is 21.8. The third-order valence-electron chi connectivity index (χ3n) is 7.13. The molecule has 6 rings (SSSR count). The van der Waals surface area contributed by atoms with Crippen molar-refractivity contribution >= 4 is 76.2 Å². The minimum Gasteiger partial charge on any atom is -0.345 e. The first-order valence-electron chi connectivity index (χ1n) is 14.1. The summed E-state index contributed by atoms with van der Waals surface area (Å²) in [6.07, 6.45) is 2.73. The summed E-state index contributed by atoms with van der Waals surface area (Å²) in [5.74, 6) is -0.0790. The van der Waals surface area contributed by atoms with Gasteiger partial charge in [0, 0.05) is 28.8 Å². The van der Waals surface area contributed by atoms with Gasteiger partial charge in [0.05, 0.1) is 27.4 Å². The molecule has 1 fully saturated rings.